The van der Waals surface area contributed by atoms with Gasteiger partial charge in [-0.1, -0.05) is 15.9 Å². The molecule has 20 heavy (non-hydrogen) atoms. The number of ketones is 1. The van der Waals surface area contributed by atoms with Crippen LogP contribution in [0.5, 0.6) is 0 Å². The fourth-order valence-corrected chi connectivity index (χ4v) is 3.49. The standard InChI is InChI=1S/C17H23BrO2/c1-10-7-12(8-11(2)14(10)18)15(19)13-9-16(3,4)20-17(13,5)6/h7-8,13H,9H2,1-6H3. The number of aryl methyl sites for hydroxylation is 2. The van der Waals surface area contributed by atoms with Crippen molar-refractivity contribution < 1.29 is 9.53 Å². The molecule has 0 spiro atoms. The average Bonchev–Trinajstić information content (AvgIpc) is 2.52. The van der Waals surface area contributed by atoms with Crippen LogP contribution in [0.3, 0.4) is 0 Å². The highest BCUT2D eigenvalue weighted by molar-refractivity contribution is 9.10. The van der Waals surface area contributed by atoms with Crippen molar-refractivity contribution in [1.82, 2.24) is 0 Å². The van der Waals surface area contributed by atoms with Gasteiger partial charge < -0.3 is 4.74 Å². The topological polar surface area (TPSA) is 26.3 Å². The van der Waals surface area contributed by atoms with Crippen molar-refractivity contribution in [3.63, 3.8) is 0 Å². The maximum absolute atomic E-state index is 12.9. The van der Waals surface area contributed by atoms with Gasteiger partial charge in [0.1, 0.15) is 0 Å². The number of ether oxygens (including phenoxy) is 1. The van der Waals surface area contributed by atoms with Crippen LogP contribution in [-0.2, 0) is 4.74 Å². The van der Waals surface area contributed by atoms with E-state index in [1.165, 1.54) is 0 Å². The van der Waals surface area contributed by atoms with Crippen LogP contribution < -0.4 is 0 Å². The molecular formula is C17H23BrO2. The lowest BCUT2D eigenvalue weighted by Gasteiger charge is -2.26. The van der Waals surface area contributed by atoms with Gasteiger partial charge in [0.15, 0.2) is 5.78 Å². The number of hydrogen-bond donors (Lipinski definition) is 0. The minimum Gasteiger partial charge on any atom is -0.369 e. The Bertz CT molecular complexity index is 535. The van der Waals surface area contributed by atoms with Gasteiger partial charge >= 0.3 is 0 Å². The summed E-state index contributed by atoms with van der Waals surface area (Å²) in [7, 11) is 0. The van der Waals surface area contributed by atoms with Gasteiger partial charge in [-0.05, 0) is 71.2 Å². The Balaban J connectivity index is 2.37. The molecule has 1 unspecified atom stereocenters. The largest absolute Gasteiger partial charge is 0.369 e. The van der Waals surface area contributed by atoms with Gasteiger partial charge in [0, 0.05) is 10.0 Å². The molecule has 1 aromatic carbocycles. The number of carbonyl (C=O) groups is 1. The van der Waals surface area contributed by atoms with E-state index in [9.17, 15) is 4.79 Å². The van der Waals surface area contributed by atoms with Crippen LogP contribution in [0, 0.1) is 19.8 Å². The fourth-order valence-electron chi connectivity index (χ4n) is 3.26. The normalized spacial score (nSPS) is 23.9. The third kappa shape index (κ3) is 2.84. The molecule has 1 fully saturated rings. The molecule has 0 amide bonds. The SMILES string of the molecule is Cc1cc(C(=O)C2CC(C)(C)OC2(C)C)cc(C)c1Br. The third-order valence-electron chi connectivity index (χ3n) is 4.11. The van der Waals surface area contributed by atoms with Crippen LogP contribution >= 0.6 is 15.9 Å². The van der Waals surface area contributed by atoms with Gasteiger partial charge in [0.25, 0.3) is 0 Å². The van der Waals surface area contributed by atoms with Crippen LogP contribution in [0.25, 0.3) is 0 Å². The number of rotatable bonds is 2. The molecule has 0 N–H and O–H groups in total. The summed E-state index contributed by atoms with van der Waals surface area (Å²) < 4.78 is 7.13. The lowest BCUT2D eigenvalue weighted by atomic mass is 9.81. The van der Waals surface area contributed by atoms with Gasteiger partial charge in [-0.3, -0.25) is 4.79 Å². The van der Waals surface area contributed by atoms with Gasteiger partial charge in [-0.25, -0.2) is 0 Å². The summed E-state index contributed by atoms with van der Waals surface area (Å²) in [5, 5.41) is 0. The van der Waals surface area contributed by atoms with Crippen molar-refractivity contribution in [1.29, 1.82) is 0 Å². The maximum atomic E-state index is 12.9. The molecule has 0 aromatic heterocycles. The lowest BCUT2D eigenvalue weighted by Crippen LogP contribution is -2.33. The smallest absolute Gasteiger partial charge is 0.168 e. The summed E-state index contributed by atoms with van der Waals surface area (Å²) in [6.07, 6.45) is 0.771. The zero-order valence-electron chi connectivity index (χ0n) is 13.1. The van der Waals surface area contributed by atoms with E-state index in [1.54, 1.807) is 0 Å². The Morgan fingerprint density at radius 1 is 1.20 bits per heavy atom. The first kappa shape index (κ1) is 15.7. The minimum atomic E-state index is -0.407. The Morgan fingerprint density at radius 2 is 1.70 bits per heavy atom. The van der Waals surface area contributed by atoms with E-state index in [2.05, 4.69) is 29.8 Å². The van der Waals surface area contributed by atoms with Crippen LogP contribution in [0.15, 0.2) is 16.6 Å². The van der Waals surface area contributed by atoms with Gasteiger partial charge in [0.2, 0.25) is 0 Å². The van der Waals surface area contributed by atoms with E-state index in [0.717, 1.165) is 27.6 Å². The Kier molecular flexibility index (Phi) is 3.89. The first-order chi connectivity index (χ1) is 9.03. The summed E-state index contributed by atoms with van der Waals surface area (Å²) in [4.78, 5) is 12.9. The minimum absolute atomic E-state index is 0.0857. The molecule has 1 aliphatic heterocycles. The van der Waals surface area contributed by atoms with E-state index < -0.39 is 5.60 Å². The molecule has 1 aromatic rings. The molecule has 3 heteroatoms. The highest BCUT2D eigenvalue weighted by atomic mass is 79.9. The molecule has 2 nitrogen and oxygen atoms in total. The fraction of sp³-hybridized carbons (Fsp3) is 0.588. The molecule has 110 valence electrons. The van der Waals surface area contributed by atoms with Crippen LogP contribution in [-0.4, -0.2) is 17.0 Å². The zero-order chi connectivity index (χ0) is 15.3. The first-order valence-electron chi connectivity index (χ1n) is 7.05. The zero-order valence-corrected chi connectivity index (χ0v) is 14.7. The number of halogens is 1. The maximum Gasteiger partial charge on any atom is 0.168 e. The molecule has 2 rings (SSSR count). The van der Waals surface area contributed by atoms with Gasteiger partial charge in [-0.15, -0.1) is 0 Å². The Hall–Kier alpha value is -0.670. The first-order valence-corrected chi connectivity index (χ1v) is 7.84. The van der Waals surface area contributed by atoms with Crippen molar-refractivity contribution in [2.75, 3.05) is 0 Å². The second-order valence-electron chi connectivity index (χ2n) is 7.01. The van der Waals surface area contributed by atoms with E-state index in [4.69, 9.17) is 4.74 Å². The predicted molar refractivity (Wildman–Crippen MR) is 85.3 cm³/mol. The second kappa shape index (κ2) is 4.96. The predicted octanol–water partition coefficient (Wildman–Crippen LogP) is 4.84. The van der Waals surface area contributed by atoms with Gasteiger partial charge in [-0.2, -0.15) is 0 Å². The van der Waals surface area contributed by atoms with Crippen LogP contribution in [0.1, 0.15) is 55.6 Å². The monoisotopic (exact) mass is 338 g/mol. The molecule has 1 atom stereocenters. The van der Waals surface area contributed by atoms with Crippen molar-refractivity contribution in [3.05, 3.63) is 33.3 Å². The third-order valence-corrected chi connectivity index (χ3v) is 5.36. The van der Waals surface area contributed by atoms with Gasteiger partial charge in [0.05, 0.1) is 17.1 Å². The molecule has 0 radical (unpaired) electrons. The Labute approximate surface area is 130 Å². The summed E-state index contributed by atoms with van der Waals surface area (Å²) in [6, 6.07) is 3.95. The quantitative estimate of drug-likeness (QED) is 0.721. The highest BCUT2D eigenvalue weighted by Crippen LogP contribution is 2.43. The molecule has 1 saturated heterocycles. The average molecular weight is 339 g/mol. The molecule has 1 aliphatic rings. The van der Waals surface area contributed by atoms with Crippen molar-refractivity contribution >= 4 is 21.7 Å². The second-order valence-corrected chi connectivity index (χ2v) is 7.80. The molecular weight excluding hydrogens is 316 g/mol. The van der Waals surface area contributed by atoms with Crippen molar-refractivity contribution in [2.24, 2.45) is 5.92 Å². The van der Waals surface area contributed by atoms with Crippen molar-refractivity contribution in [3.8, 4) is 0 Å². The molecule has 0 aliphatic carbocycles. The van der Waals surface area contributed by atoms with Crippen molar-refractivity contribution in [2.45, 2.75) is 59.2 Å². The van der Waals surface area contributed by atoms with Crippen LogP contribution in [0.2, 0.25) is 0 Å². The Morgan fingerprint density at radius 3 is 2.10 bits per heavy atom. The number of benzene rings is 1. The van der Waals surface area contributed by atoms with E-state index >= 15 is 0 Å². The summed E-state index contributed by atoms with van der Waals surface area (Å²) in [5.74, 6) is 0.108. The van der Waals surface area contributed by atoms with E-state index in [-0.39, 0.29) is 17.3 Å². The number of carbonyl (C=O) groups excluding carboxylic acids is 1. The summed E-state index contributed by atoms with van der Waals surface area (Å²) >= 11 is 3.55. The lowest BCUT2D eigenvalue weighted by molar-refractivity contribution is -0.0712. The van der Waals surface area contributed by atoms with Crippen LogP contribution in [0.4, 0.5) is 0 Å². The number of hydrogen-bond acceptors (Lipinski definition) is 2. The summed E-state index contributed by atoms with van der Waals surface area (Å²) in [6.45, 7) is 12.2. The molecule has 1 heterocycles. The van der Waals surface area contributed by atoms with E-state index in [0.29, 0.717) is 0 Å². The highest BCUT2D eigenvalue weighted by Gasteiger charge is 2.49. The number of Topliss-reactive ketones (excluding diaryl/α,β-unsaturated/α-hetero) is 1. The van der Waals surface area contributed by atoms with E-state index in [1.807, 2.05) is 39.8 Å². The summed E-state index contributed by atoms with van der Waals surface area (Å²) in [5.41, 5.74) is 2.36. The molecule has 0 saturated carbocycles. The molecule has 0 bridgehead atoms.